The van der Waals surface area contributed by atoms with E-state index < -0.39 is 0 Å². The van der Waals surface area contributed by atoms with Crippen LogP contribution in [0.1, 0.15) is 0 Å². The number of benzene rings is 5. The van der Waals surface area contributed by atoms with Crippen LogP contribution >= 0.6 is 0 Å². The first-order valence-corrected chi connectivity index (χ1v) is 13.0. The zero-order valence-corrected chi connectivity index (χ0v) is 20.5. The van der Waals surface area contributed by atoms with E-state index in [1.54, 1.807) is 0 Å². The summed E-state index contributed by atoms with van der Waals surface area (Å²) in [6.45, 7) is 0. The number of hydrogen-bond acceptors (Lipinski definition) is 1. The lowest BCUT2D eigenvalue weighted by atomic mass is 10.0. The van der Waals surface area contributed by atoms with E-state index in [0.717, 1.165) is 22.1 Å². The van der Waals surface area contributed by atoms with Gasteiger partial charge in [0.2, 0.25) is 0 Å². The van der Waals surface area contributed by atoms with Gasteiger partial charge in [-0.1, -0.05) is 91.0 Å². The minimum absolute atomic E-state index is 0.974. The van der Waals surface area contributed by atoms with Crippen molar-refractivity contribution in [3.63, 3.8) is 0 Å². The fourth-order valence-electron chi connectivity index (χ4n) is 6.63. The number of pyridine rings is 1. The van der Waals surface area contributed by atoms with Crippen molar-refractivity contribution in [2.24, 2.45) is 0 Å². The molecule has 0 aliphatic carbocycles. The van der Waals surface area contributed by atoms with E-state index in [1.807, 2.05) is 12.3 Å². The lowest BCUT2D eigenvalue weighted by Gasteiger charge is -2.10. The molecule has 0 amide bonds. The second-order valence-electron chi connectivity index (χ2n) is 10.0. The van der Waals surface area contributed by atoms with E-state index in [0.29, 0.717) is 0 Å². The van der Waals surface area contributed by atoms with Crippen LogP contribution in [0.3, 0.4) is 0 Å². The lowest BCUT2D eigenvalue weighted by Crippen LogP contribution is -1.93. The third-order valence-corrected chi connectivity index (χ3v) is 8.11. The van der Waals surface area contributed by atoms with Gasteiger partial charge < -0.3 is 4.40 Å². The summed E-state index contributed by atoms with van der Waals surface area (Å²) in [5.41, 5.74) is 6.86. The van der Waals surface area contributed by atoms with Crippen molar-refractivity contribution in [1.82, 2.24) is 13.8 Å². The molecule has 0 saturated heterocycles. The summed E-state index contributed by atoms with van der Waals surface area (Å²) in [4.78, 5) is 4.94. The Morgan fingerprint density at radius 2 is 0.789 bits per heavy atom. The minimum atomic E-state index is 0.974. The Labute approximate surface area is 217 Å². The smallest absolute Gasteiger partial charge is 0.145 e. The normalized spacial score (nSPS) is 12.2. The van der Waals surface area contributed by atoms with Gasteiger partial charge in [0.05, 0.1) is 27.6 Å². The zero-order valence-electron chi connectivity index (χ0n) is 20.5. The quantitative estimate of drug-likeness (QED) is 0.211. The van der Waals surface area contributed by atoms with E-state index >= 15 is 0 Å². The molecular formula is C35H21N3. The molecule has 0 radical (unpaired) electrons. The molecule has 0 fully saturated rings. The van der Waals surface area contributed by atoms with Crippen LogP contribution in [0.5, 0.6) is 0 Å². The Morgan fingerprint density at radius 3 is 1.47 bits per heavy atom. The Morgan fingerprint density at radius 1 is 0.342 bits per heavy atom. The topological polar surface area (TPSA) is 21.7 Å². The van der Waals surface area contributed by atoms with Crippen molar-refractivity contribution in [2.45, 2.75) is 0 Å². The fourth-order valence-corrected chi connectivity index (χ4v) is 6.63. The summed E-state index contributed by atoms with van der Waals surface area (Å²) in [7, 11) is 0. The van der Waals surface area contributed by atoms with Crippen molar-refractivity contribution >= 4 is 76.3 Å². The molecule has 4 heterocycles. The molecule has 9 aromatic rings. The van der Waals surface area contributed by atoms with E-state index in [4.69, 9.17) is 4.98 Å². The summed E-state index contributed by atoms with van der Waals surface area (Å²) >= 11 is 0. The van der Waals surface area contributed by atoms with Crippen LogP contribution in [-0.2, 0) is 0 Å². The van der Waals surface area contributed by atoms with Gasteiger partial charge in [0.25, 0.3) is 0 Å². The number of fused-ring (bicyclic) bond motifs is 12. The number of hydrogen-bond donors (Lipinski definition) is 0. The molecule has 0 unspecified atom stereocenters. The third-order valence-electron chi connectivity index (χ3n) is 8.11. The molecule has 0 aliphatic rings. The first kappa shape index (κ1) is 20.0. The highest BCUT2D eigenvalue weighted by Crippen LogP contribution is 2.39. The van der Waals surface area contributed by atoms with Crippen LogP contribution in [-0.4, -0.2) is 13.8 Å². The first-order chi connectivity index (χ1) is 18.9. The first-order valence-electron chi connectivity index (χ1n) is 13.0. The molecular weight excluding hydrogens is 462 g/mol. The lowest BCUT2D eigenvalue weighted by molar-refractivity contribution is 1.24. The molecule has 9 rings (SSSR count). The molecule has 0 atom stereocenters. The van der Waals surface area contributed by atoms with Crippen molar-refractivity contribution in [2.75, 3.05) is 0 Å². The molecule has 0 saturated carbocycles. The van der Waals surface area contributed by atoms with Gasteiger partial charge in [0.15, 0.2) is 0 Å². The van der Waals surface area contributed by atoms with Crippen LogP contribution < -0.4 is 0 Å². The molecule has 0 bridgehead atoms. The maximum Gasteiger partial charge on any atom is 0.145 e. The molecule has 5 aromatic carbocycles. The maximum absolute atomic E-state index is 4.94. The molecule has 3 nitrogen and oxygen atoms in total. The fraction of sp³-hybridized carbons (Fsp3) is 0. The van der Waals surface area contributed by atoms with Gasteiger partial charge in [-0.15, -0.1) is 0 Å². The van der Waals surface area contributed by atoms with Crippen molar-refractivity contribution in [1.29, 1.82) is 0 Å². The summed E-state index contributed by atoms with van der Waals surface area (Å²) < 4.78 is 4.83. The van der Waals surface area contributed by atoms with Gasteiger partial charge in [-0.2, -0.15) is 0 Å². The molecule has 0 aliphatic heterocycles. The van der Waals surface area contributed by atoms with Crippen LogP contribution in [0.4, 0.5) is 0 Å². The molecule has 0 N–H and O–H groups in total. The summed E-state index contributed by atoms with van der Waals surface area (Å²) in [5.74, 6) is 0. The monoisotopic (exact) mass is 483 g/mol. The number of para-hydroxylation sites is 5. The average Bonchev–Trinajstić information content (AvgIpc) is 3.50. The molecule has 176 valence electrons. The van der Waals surface area contributed by atoms with Crippen molar-refractivity contribution < 1.29 is 0 Å². The SMILES string of the molecule is c1ccc2c(c1)c1cccc3c4ccccc4n(c4ccccc4n4c5ncccc5c5cccc2c54)c13. The van der Waals surface area contributed by atoms with Gasteiger partial charge in [-0.25, -0.2) is 4.98 Å². The Kier molecular flexibility index (Phi) is 3.79. The summed E-state index contributed by atoms with van der Waals surface area (Å²) in [6, 6.07) is 44.0. The maximum atomic E-state index is 4.94. The van der Waals surface area contributed by atoms with E-state index in [-0.39, 0.29) is 0 Å². The minimum Gasteiger partial charge on any atom is -0.307 e. The van der Waals surface area contributed by atoms with Crippen LogP contribution in [0, 0.1) is 0 Å². The predicted molar refractivity (Wildman–Crippen MR) is 160 cm³/mol. The van der Waals surface area contributed by atoms with Crippen LogP contribution in [0.2, 0.25) is 0 Å². The highest BCUT2D eigenvalue weighted by molar-refractivity contribution is 6.25. The van der Waals surface area contributed by atoms with Crippen molar-refractivity contribution in [3.8, 4) is 0 Å². The molecule has 4 aromatic heterocycles. The van der Waals surface area contributed by atoms with E-state index in [1.165, 1.54) is 54.3 Å². The highest BCUT2D eigenvalue weighted by atomic mass is 15.0. The van der Waals surface area contributed by atoms with E-state index in [9.17, 15) is 0 Å². The number of rotatable bonds is 0. The second kappa shape index (κ2) is 7.21. The van der Waals surface area contributed by atoms with Gasteiger partial charge in [0.1, 0.15) is 5.65 Å². The molecule has 3 heteroatoms. The second-order valence-corrected chi connectivity index (χ2v) is 10.0. The van der Waals surface area contributed by atoms with Crippen molar-refractivity contribution in [3.05, 3.63) is 128 Å². The zero-order chi connectivity index (χ0) is 24.8. The van der Waals surface area contributed by atoms with Gasteiger partial charge >= 0.3 is 0 Å². The average molecular weight is 484 g/mol. The third kappa shape index (κ3) is 2.41. The summed E-state index contributed by atoms with van der Waals surface area (Å²) in [6.07, 6.45) is 1.90. The Balaban J connectivity index is 1.82. The number of aromatic nitrogens is 3. The molecule has 38 heavy (non-hydrogen) atoms. The van der Waals surface area contributed by atoms with Gasteiger partial charge in [-0.05, 0) is 41.1 Å². The predicted octanol–water partition coefficient (Wildman–Crippen LogP) is 9.07. The Hall–Kier alpha value is -5.15. The highest BCUT2D eigenvalue weighted by Gasteiger charge is 2.17. The van der Waals surface area contributed by atoms with Crippen LogP contribution in [0.15, 0.2) is 128 Å². The largest absolute Gasteiger partial charge is 0.307 e. The van der Waals surface area contributed by atoms with E-state index in [2.05, 4.69) is 124 Å². The van der Waals surface area contributed by atoms with Gasteiger partial charge in [-0.3, -0.25) is 4.40 Å². The Bertz CT molecular complexity index is 2290. The summed E-state index contributed by atoms with van der Waals surface area (Å²) in [5, 5.41) is 9.81. The molecule has 0 spiro atoms. The van der Waals surface area contributed by atoms with Crippen LogP contribution in [0.25, 0.3) is 76.3 Å². The number of nitrogens with zero attached hydrogens (tertiary/aromatic N) is 3. The van der Waals surface area contributed by atoms with Gasteiger partial charge in [0, 0.05) is 38.5 Å². The standard InChI is InChI=1S/C35H21N3/c1-2-11-23-22(10-1)25-13-7-15-27-24-12-3-4-18-30(24)37(33(25)27)31-19-5-6-20-32(31)38-34-26(23)14-8-16-28(34)29-17-9-21-36-35(29)38/h1-21H.